The van der Waals surface area contributed by atoms with Gasteiger partial charge < -0.3 is 14.6 Å². The van der Waals surface area contributed by atoms with Crippen molar-refractivity contribution in [2.75, 3.05) is 40.0 Å². The van der Waals surface area contributed by atoms with Crippen molar-refractivity contribution in [3.8, 4) is 0 Å². The summed E-state index contributed by atoms with van der Waals surface area (Å²) in [5, 5.41) is 10.2. The van der Waals surface area contributed by atoms with E-state index in [4.69, 9.17) is 9.47 Å². The molecule has 1 unspecified atom stereocenters. The van der Waals surface area contributed by atoms with E-state index in [2.05, 4.69) is 49.9 Å². The van der Waals surface area contributed by atoms with Crippen LogP contribution in [-0.2, 0) is 16.0 Å². The summed E-state index contributed by atoms with van der Waals surface area (Å²) in [6, 6.07) is 8.52. The van der Waals surface area contributed by atoms with Gasteiger partial charge in [0.1, 0.15) is 0 Å². The van der Waals surface area contributed by atoms with Gasteiger partial charge in [-0.15, -0.1) is 0 Å². The Morgan fingerprint density at radius 2 is 2.00 bits per heavy atom. The number of aliphatic hydroxyl groups excluding tert-OH is 1. The molecule has 0 aliphatic carbocycles. The number of methoxy groups -OCH3 is 1. The van der Waals surface area contributed by atoms with Crippen LogP contribution in [-0.4, -0.2) is 56.1 Å². The first-order valence-electron chi connectivity index (χ1n) is 8.54. The van der Waals surface area contributed by atoms with Gasteiger partial charge in [0.2, 0.25) is 0 Å². The van der Waals surface area contributed by atoms with Crippen LogP contribution in [0, 0.1) is 12.8 Å². The third kappa shape index (κ3) is 9.72. The van der Waals surface area contributed by atoms with Crippen LogP contribution in [0.4, 0.5) is 0 Å². The third-order valence-electron chi connectivity index (χ3n) is 3.54. The van der Waals surface area contributed by atoms with Crippen molar-refractivity contribution in [1.82, 2.24) is 4.90 Å². The molecule has 4 heteroatoms. The number of hydrogen-bond acceptors (Lipinski definition) is 4. The first-order chi connectivity index (χ1) is 11.0. The molecule has 23 heavy (non-hydrogen) atoms. The van der Waals surface area contributed by atoms with Crippen LogP contribution in [0.1, 0.15) is 31.4 Å². The highest BCUT2D eigenvalue weighted by molar-refractivity contribution is 5.22. The Morgan fingerprint density at radius 3 is 2.65 bits per heavy atom. The Bertz CT molecular complexity index is 423. The van der Waals surface area contributed by atoms with Crippen molar-refractivity contribution < 1.29 is 14.6 Å². The lowest BCUT2D eigenvalue weighted by Crippen LogP contribution is -2.35. The average Bonchev–Trinajstić information content (AvgIpc) is 2.47. The average molecular weight is 323 g/mol. The molecule has 1 atom stereocenters. The molecule has 0 saturated carbocycles. The lowest BCUT2D eigenvalue weighted by molar-refractivity contribution is 0.00581. The maximum Gasteiger partial charge on any atom is 0.0900 e. The molecular formula is C19H33NO3. The zero-order valence-electron chi connectivity index (χ0n) is 15.1. The topological polar surface area (TPSA) is 41.9 Å². The highest BCUT2D eigenvalue weighted by Crippen LogP contribution is 2.09. The number of aryl methyl sites for hydroxylation is 1. The van der Waals surface area contributed by atoms with E-state index in [-0.39, 0.29) is 0 Å². The zero-order chi connectivity index (χ0) is 17.1. The van der Waals surface area contributed by atoms with Gasteiger partial charge in [-0.3, -0.25) is 4.90 Å². The first kappa shape index (κ1) is 20.1. The fourth-order valence-electron chi connectivity index (χ4n) is 2.53. The summed E-state index contributed by atoms with van der Waals surface area (Å²) in [7, 11) is 1.72. The van der Waals surface area contributed by atoms with Gasteiger partial charge in [-0.25, -0.2) is 0 Å². The molecule has 1 N–H and O–H groups in total. The summed E-state index contributed by atoms with van der Waals surface area (Å²) < 4.78 is 10.7. The first-order valence-corrected chi connectivity index (χ1v) is 8.54. The maximum absolute atomic E-state index is 10.2. The predicted molar refractivity (Wildman–Crippen MR) is 94.6 cm³/mol. The number of ether oxygens (including phenoxy) is 2. The molecule has 1 aromatic rings. The lowest BCUT2D eigenvalue weighted by Gasteiger charge is -2.25. The monoisotopic (exact) mass is 323 g/mol. The minimum absolute atomic E-state index is 0.396. The molecule has 0 aromatic heterocycles. The standard InChI is InChI=1S/C19H33NO3/c1-16(2)14-23-15-19(21)13-20(9-6-10-22-4)12-18-8-5-7-17(3)11-18/h5,7-8,11,16,19,21H,6,9-10,12-15H2,1-4H3. The van der Waals surface area contributed by atoms with Crippen molar-refractivity contribution in [2.24, 2.45) is 5.92 Å². The summed E-state index contributed by atoms with van der Waals surface area (Å²) in [5.41, 5.74) is 2.54. The van der Waals surface area contributed by atoms with Crippen molar-refractivity contribution in [2.45, 2.75) is 39.8 Å². The van der Waals surface area contributed by atoms with Crippen LogP contribution in [0.5, 0.6) is 0 Å². The molecule has 0 bridgehead atoms. The van der Waals surface area contributed by atoms with Gasteiger partial charge in [0.05, 0.1) is 12.7 Å². The molecule has 0 amide bonds. The molecule has 0 heterocycles. The van der Waals surface area contributed by atoms with Gasteiger partial charge >= 0.3 is 0 Å². The molecule has 0 spiro atoms. The predicted octanol–water partition coefficient (Wildman–Crippen LogP) is 2.87. The molecule has 0 radical (unpaired) electrons. The minimum Gasteiger partial charge on any atom is -0.389 e. The second-order valence-corrected chi connectivity index (χ2v) is 6.66. The molecule has 0 aliphatic rings. The van der Waals surface area contributed by atoms with E-state index in [9.17, 15) is 5.11 Å². The van der Waals surface area contributed by atoms with E-state index in [1.807, 2.05) is 0 Å². The SMILES string of the molecule is COCCCN(Cc1cccc(C)c1)CC(O)COCC(C)C. The number of rotatable bonds is 12. The van der Waals surface area contributed by atoms with Gasteiger partial charge in [-0.1, -0.05) is 43.7 Å². The Labute approximate surface area is 141 Å². The largest absolute Gasteiger partial charge is 0.389 e. The van der Waals surface area contributed by atoms with Crippen LogP contribution in [0.3, 0.4) is 0 Å². The second kappa shape index (κ2) is 11.6. The van der Waals surface area contributed by atoms with E-state index in [1.165, 1.54) is 11.1 Å². The van der Waals surface area contributed by atoms with Crippen molar-refractivity contribution in [3.05, 3.63) is 35.4 Å². The van der Waals surface area contributed by atoms with E-state index in [1.54, 1.807) is 7.11 Å². The Hall–Kier alpha value is -0.940. The van der Waals surface area contributed by atoms with Gasteiger partial charge in [0, 0.05) is 40.0 Å². The second-order valence-electron chi connectivity index (χ2n) is 6.66. The fourth-order valence-corrected chi connectivity index (χ4v) is 2.53. The lowest BCUT2D eigenvalue weighted by atomic mass is 10.1. The number of nitrogens with zero attached hydrogens (tertiary/aromatic N) is 1. The molecule has 1 aromatic carbocycles. The quantitative estimate of drug-likeness (QED) is 0.601. The van der Waals surface area contributed by atoms with Crippen LogP contribution in [0.2, 0.25) is 0 Å². The summed E-state index contributed by atoms with van der Waals surface area (Å²) in [6.07, 6.45) is 0.503. The Morgan fingerprint density at radius 1 is 1.22 bits per heavy atom. The zero-order valence-corrected chi connectivity index (χ0v) is 15.1. The fraction of sp³-hybridized carbons (Fsp3) is 0.684. The van der Waals surface area contributed by atoms with Crippen molar-refractivity contribution >= 4 is 0 Å². The summed E-state index contributed by atoms with van der Waals surface area (Å²) in [4.78, 5) is 2.27. The molecule has 132 valence electrons. The highest BCUT2D eigenvalue weighted by atomic mass is 16.5. The highest BCUT2D eigenvalue weighted by Gasteiger charge is 2.13. The minimum atomic E-state index is -0.457. The number of aliphatic hydroxyl groups is 1. The number of benzene rings is 1. The van der Waals surface area contributed by atoms with Crippen LogP contribution >= 0.6 is 0 Å². The van der Waals surface area contributed by atoms with E-state index < -0.39 is 6.10 Å². The van der Waals surface area contributed by atoms with Gasteiger partial charge in [0.25, 0.3) is 0 Å². The van der Waals surface area contributed by atoms with Crippen LogP contribution in [0.25, 0.3) is 0 Å². The van der Waals surface area contributed by atoms with Gasteiger partial charge in [0.15, 0.2) is 0 Å². The van der Waals surface area contributed by atoms with Gasteiger partial charge in [-0.2, -0.15) is 0 Å². The Kier molecular flexibility index (Phi) is 10.1. The molecule has 0 saturated heterocycles. The molecule has 1 rings (SSSR count). The van der Waals surface area contributed by atoms with E-state index in [0.29, 0.717) is 25.7 Å². The molecule has 4 nitrogen and oxygen atoms in total. The van der Waals surface area contributed by atoms with Crippen LogP contribution in [0.15, 0.2) is 24.3 Å². The normalized spacial score (nSPS) is 13.0. The summed E-state index contributed by atoms with van der Waals surface area (Å²) in [6.45, 7) is 10.5. The summed E-state index contributed by atoms with van der Waals surface area (Å²) >= 11 is 0. The van der Waals surface area contributed by atoms with Crippen molar-refractivity contribution in [1.29, 1.82) is 0 Å². The molecule has 0 aliphatic heterocycles. The smallest absolute Gasteiger partial charge is 0.0900 e. The van der Waals surface area contributed by atoms with Crippen molar-refractivity contribution in [3.63, 3.8) is 0 Å². The molecule has 0 fully saturated rings. The van der Waals surface area contributed by atoms with Crippen LogP contribution < -0.4 is 0 Å². The van der Waals surface area contributed by atoms with E-state index >= 15 is 0 Å². The van der Waals surface area contributed by atoms with E-state index in [0.717, 1.165) is 26.1 Å². The third-order valence-corrected chi connectivity index (χ3v) is 3.54. The maximum atomic E-state index is 10.2. The number of hydrogen-bond donors (Lipinski definition) is 1. The van der Waals surface area contributed by atoms with Gasteiger partial charge in [-0.05, 0) is 24.8 Å². The molecular weight excluding hydrogens is 290 g/mol. The Balaban J connectivity index is 2.50. The summed E-state index contributed by atoms with van der Waals surface area (Å²) in [5.74, 6) is 0.493.